The molecule has 194 valence electrons. The van der Waals surface area contributed by atoms with Crippen LogP contribution in [0.2, 0.25) is 0 Å². The number of imidazole rings is 1. The highest BCUT2D eigenvalue weighted by molar-refractivity contribution is 7.99. The smallest absolute Gasteiger partial charge is 0.437 e. The number of aromatic nitrogens is 2. The van der Waals surface area contributed by atoms with Crippen LogP contribution in [0.1, 0.15) is 43.3 Å². The molecule has 3 aromatic rings. The zero-order valence-electron chi connectivity index (χ0n) is 20.2. The van der Waals surface area contributed by atoms with Crippen molar-refractivity contribution in [2.24, 2.45) is 10.7 Å². The summed E-state index contributed by atoms with van der Waals surface area (Å²) in [7, 11) is 0. The third-order valence-corrected chi connectivity index (χ3v) is 5.41. The normalized spacial score (nSPS) is 12.1. The van der Waals surface area contributed by atoms with Crippen LogP contribution in [-0.2, 0) is 21.5 Å². The Bertz CT molecular complexity index is 1400. The Labute approximate surface area is 215 Å². The van der Waals surface area contributed by atoms with Crippen molar-refractivity contribution in [1.29, 1.82) is 0 Å². The average Bonchev–Trinajstić information content (AvgIpc) is 3.13. The zero-order chi connectivity index (χ0) is 27.2. The van der Waals surface area contributed by atoms with E-state index in [4.69, 9.17) is 10.5 Å². The molecule has 3 N–H and O–H groups in total. The molecular weight excluding hydrogens is 507 g/mol. The molecule has 0 fully saturated rings. The maximum Gasteiger partial charge on any atom is 0.437 e. The van der Waals surface area contributed by atoms with Gasteiger partial charge in [-0.2, -0.15) is 13.2 Å². The monoisotopic (exact) mass is 531 g/mol. The molecule has 2 amide bonds. The number of nitrogens with zero attached hydrogens (tertiary/aromatic N) is 3. The third-order valence-electron chi connectivity index (χ3n) is 4.46. The van der Waals surface area contributed by atoms with Gasteiger partial charge in [0.25, 0.3) is 0 Å². The largest absolute Gasteiger partial charge is 0.442 e. The molecule has 0 aliphatic rings. The number of ether oxygens (including phenoxy) is 1. The number of aliphatic imine (C=N–C) groups is 1. The molecule has 8 nitrogen and oxygen atoms in total. The first-order chi connectivity index (χ1) is 17.3. The molecule has 3 rings (SSSR count). The van der Waals surface area contributed by atoms with Gasteiger partial charge in [-0.25, -0.2) is 9.78 Å². The highest BCUT2D eigenvalue weighted by atomic mass is 32.2. The fourth-order valence-electron chi connectivity index (χ4n) is 3.01. The Kier molecular flexibility index (Phi) is 8.49. The van der Waals surface area contributed by atoms with Crippen molar-refractivity contribution in [3.05, 3.63) is 71.2 Å². The van der Waals surface area contributed by atoms with Gasteiger partial charge in [-0.05, 0) is 57.0 Å². The molecule has 0 aliphatic carbocycles. The van der Waals surface area contributed by atoms with Gasteiger partial charge in [0.05, 0.1) is 17.0 Å². The highest BCUT2D eigenvalue weighted by Crippen LogP contribution is 2.29. The van der Waals surface area contributed by atoms with Gasteiger partial charge in [0.1, 0.15) is 16.9 Å². The van der Waals surface area contributed by atoms with E-state index < -0.39 is 29.3 Å². The lowest BCUT2D eigenvalue weighted by atomic mass is 10.1. The fraction of sp³-hybridized carbons (Fsp3) is 0.280. The van der Waals surface area contributed by atoms with Gasteiger partial charge in [-0.3, -0.25) is 14.5 Å². The molecule has 37 heavy (non-hydrogen) atoms. The number of guanidine groups is 1. The lowest BCUT2D eigenvalue weighted by molar-refractivity contribution is -0.137. The van der Waals surface area contributed by atoms with Crippen molar-refractivity contribution >= 4 is 35.4 Å². The van der Waals surface area contributed by atoms with E-state index >= 15 is 0 Å². The second-order valence-electron chi connectivity index (χ2n) is 8.68. The number of hydrogen-bond acceptors (Lipinski definition) is 5. The van der Waals surface area contributed by atoms with Gasteiger partial charge < -0.3 is 10.5 Å². The first-order valence-corrected chi connectivity index (χ1v) is 12.1. The van der Waals surface area contributed by atoms with E-state index in [0.717, 1.165) is 12.1 Å². The van der Waals surface area contributed by atoms with Gasteiger partial charge in [-0.1, -0.05) is 18.1 Å². The first-order valence-electron chi connectivity index (χ1n) is 10.9. The van der Waals surface area contributed by atoms with Gasteiger partial charge >= 0.3 is 12.3 Å². The number of fused-ring (bicyclic) bond motifs is 1. The maximum absolute atomic E-state index is 13.0. The molecule has 0 saturated heterocycles. The summed E-state index contributed by atoms with van der Waals surface area (Å²) in [6, 6.07) is 10.1. The zero-order valence-corrected chi connectivity index (χ0v) is 21.0. The van der Waals surface area contributed by atoms with E-state index in [2.05, 4.69) is 27.1 Å². The SMILES string of the molecule is CC(C)(C)OC(=O)/N=C(\N)NC(=O)CSCc1nc2ccccn2c1C#Cc1cccc(C(F)(F)F)c1. The fourth-order valence-corrected chi connectivity index (χ4v) is 3.77. The van der Waals surface area contributed by atoms with Crippen LogP contribution in [0.4, 0.5) is 18.0 Å². The highest BCUT2D eigenvalue weighted by Gasteiger charge is 2.30. The predicted octanol–water partition coefficient (Wildman–Crippen LogP) is 4.35. The maximum atomic E-state index is 13.0. The van der Waals surface area contributed by atoms with Crippen molar-refractivity contribution in [3.8, 4) is 11.8 Å². The summed E-state index contributed by atoms with van der Waals surface area (Å²) in [6.45, 7) is 5.01. The van der Waals surface area contributed by atoms with Gasteiger partial charge in [0, 0.05) is 17.5 Å². The van der Waals surface area contributed by atoms with Crippen molar-refractivity contribution < 1.29 is 27.5 Å². The summed E-state index contributed by atoms with van der Waals surface area (Å²) in [6.07, 6.45) is -3.65. The Balaban J connectivity index is 1.71. The molecule has 0 bridgehead atoms. The average molecular weight is 532 g/mol. The van der Waals surface area contributed by atoms with Crippen molar-refractivity contribution in [1.82, 2.24) is 14.7 Å². The minimum absolute atomic E-state index is 0.0289. The van der Waals surface area contributed by atoms with Crippen molar-refractivity contribution in [2.75, 3.05) is 5.75 Å². The lowest BCUT2D eigenvalue weighted by Crippen LogP contribution is -2.39. The number of rotatable bonds is 4. The minimum Gasteiger partial charge on any atom is -0.442 e. The van der Waals surface area contributed by atoms with E-state index in [0.29, 0.717) is 17.0 Å². The Morgan fingerprint density at radius 3 is 2.62 bits per heavy atom. The van der Waals surface area contributed by atoms with E-state index in [1.807, 2.05) is 0 Å². The molecule has 0 saturated carbocycles. The number of carbonyl (C=O) groups is 2. The quantitative estimate of drug-likeness (QED) is 0.294. The summed E-state index contributed by atoms with van der Waals surface area (Å²) in [4.78, 5) is 31.9. The van der Waals surface area contributed by atoms with Crippen LogP contribution in [0.15, 0.2) is 53.7 Å². The number of amides is 2. The number of pyridine rings is 1. The Hall–Kier alpha value is -3.98. The topological polar surface area (TPSA) is 111 Å². The molecular formula is C25H24F3N5O3S. The number of nitrogens with one attached hydrogen (secondary N) is 1. The molecule has 0 aliphatic heterocycles. The Morgan fingerprint density at radius 2 is 1.92 bits per heavy atom. The summed E-state index contributed by atoms with van der Waals surface area (Å²) < 4.78 is 45.8. The van der Waals surface area contributed by atoms with Crippen LogP contribution in [-0.4, -0.2) is 38.7 Å². The Morgan fingerprint density at radius 1 is 1.16 bits per heavy atom. The number of hydrogen-bond donors (Lipinski definition) is 2. The van der Waals surface area contributed by atoms with E-state index in [9.17, 15) is 22.8 Å². The molecule has 0 spiro atoms. The molecule has 0 unspecified atom stereocenters. The third kappa shape index (κ3) is 8.28. The van der Waals surface area contributed by atoms with Crippen molar-refractivity contribution in [3.63, 3.8) is 0 Å². The number of nitrogens with two attached hydrogens (primary N) is 1. The van der Waals surface area contributed by atoms with Crippen molar-refractivity contribution in [2.45, 2.75) is 38.3 Å². The number of alkyl halides is 3. The summed E-state index contributed by atoms with van der Waals surface area (Å²) in [5.41, 5.74) is 5.91. The molecule has 2 heterocycles. The van der Waals surface area contributed by atoms with E-state index in [-0.39, 0.29) is 23.0 Å². The van der Waals surface area contributed by atoms with Gasteiger partial charge in [0.2, 0.25) is 11.9 Å². The van der Waals surface area contributed by atoms with Crippen LogP contribution in [0, 0.1) is 11.8 Å². The molecule has 12 heteroatoms. The molecule has 2 aromatic heterocycles. The van der Waals surface area contributed by atoms with Crippen LogP contribution >= 0.6 is 11.8 Å². The van der Waals surface area contributed by atoms with Crippen LogP contribution in [0.3, 0.4) is 0 Å². The van der Waals surface area contributed by atoms with Crippen LogP contribution in [0.25, 0.3) is 5.65 Å². The minimum atomic E-state index is -4.47. The van der Waals surface area contributed by atoms with Crippen LogP contribution in [0.5, 0.6) is 0 Å². The molecule has 0 atom stereocenters. The summed E-state index contributed by atoms with van der Waals surface area (Å²) in [5, 5.41) is 2.31. The van der Waals surface area contributed by atoms with Crippen LogP contribution < -0.4 is 11.1 Å². The standard InChI is InChI=1S/C25H24F3N5O3S/c1-24(2,3)36-23(35)32-22(29)31-21(34)15-37-14-18-19(33-12-5-4-9-20(33)30-18)11-10-16-7-6-8-17(13-16)25(26,27)28/h4-9,12-13H,14-15H2,1-3H3,(H3,29,31,32,34,35). The lowest BCUT2D eigenvalue weighted by Gasteiger charge is -2.17. The summed E-state index contributed by atoms with van der Waals surface area (Å²) >= 11 is 1.21. The van der Waals surface area contributed by atoms with Gasteiger partial charge in [-0.15, -0.1) is 16.8 Å². The van der Waals surface area contributed by atoms with Gasteiger partial charge in [0.15, 0.2) is 0 Å². The number of thioether (sulfide) groups is 1. The second kappa shape index (κ2) is 11.4. The molecule has 1 aromatic carbocycles. The first kappa shape index (κ1) is 27.6. The summed E-state index contributed by atoms with van der Waals surface area (Å²) in [5.74, 6) is 5.07. The molecule has 0 radical (unpaired) electrons. The number of halogens is 3. The predicted molar refractivity (Wildman–Crippen MR) is 135 cm³/mol. The number of benzene rings is 1. The second-order valence-corrected chi connectivity index (χ2v) is 9.67. The number of carbonyl (C=O) groups excluding carboxylic acids is 2. The van der Waals surface area contributed by atoms with E-state index in [1.165, 1.54) is 23.9 Å². The van der Waals surface area contributed by atoms with E-state index in [1.54, 1.807) is 49.6 Å².